The van der Waals surface area contributed by atoms with Gasteiger partial charge in [0.1, 0.15) is 12.2 Å². The van der Waals surface area contributed by atoms with Crippen molar-refractivity contribution in [1.82, 2.24) is 14.5 Å². The minimum absolute atomic E-state index is 0.0382. The van der Waals surface area contributed by atoms with E-state index in [1.807, 2.05) is 0 Å². The minimum atomic E-state index is -4.56. The highest BCUT2D eigenvalue weighted by Gasteiger charge is 2.29. The van der Waals surface area contributed by atoms with Crippen molar-refractivity contribution in [3.05, 3.63) is 46.9 Å². The van der Waals surface area contributed by atoms with E-state index in [-0.39, 0.29) is 11.6 Å². The van der Waals surface area contributed by atoms with Gasteiger partial charge in [-0.05, 0) is 18.2 Å². The Balaban J connectivity index is 2.01. The van der Waals surface area contributed by atoms with Crippen LogP contribution in [0.15, 0.2) is 41.3 Å². The maximum absolute atomic E-state index is 12.8. The number of pyridine rings is 1. The van der Waals surface area contributed by atoms with E-state index in [4.69, 9.17) is 9.47 Å². The molecule has 0 bridgehead atoms. The molecule has 2 aromatic heterocycles. The van der Waals surface area contributed by atoms with Crippen molar-refractivity contribution >= 4 is 22.7 Å². The molecular formula is C17H15F3N4O3. The van der Waals surface area contributed by atoms with Gasteiger partial charge in [-0.3, -0.25) is 9.36 Å². The van der Waals surface area contributed by atoms with Crippen LogP contribution in [0, 0.1) is 0 Å². The highest BCUT2D eigenvalue weighted by Crippen LogP contribution is 2.30. The molecule has 0 amide bonds. The summed E-state index contributed by atoms with van der Waals surface area (Å²) in [6.07, 6.45) is -3.21. The van der Waals surface area contributed by atoms with Gasteiger partial charge in [-0.25, -0.2) is 4.98 Å². The molecule has 2 heterocycles. The third kappa shape index (κ3) is 4.10. The number of methoxy groups -OCH3 is 2. The molecule has 0 aliphatic carbocycles. The fourth-order valence-corrected chi connectivity index (χ4v) is 2.51. The fourth-order valence-electron chi connectivity index (χ4n) is 2.51. The second-order valence-corrected chi connectivity index (χ2v) is 5.54. The van der Waals surface area contributed by atoms with E-state index in [1.54, 1.807) is 18.2 Å². The Morgan fingerprint density at radius 1 is 1.11 bits per heavy atom. The van der Waals surface area contributed by atoms with Crippen LogP contribution in [0.4, 0.5) is 24.8 Å². The summed E-state index contributed by atoms with van der Waals surface area (Å²) >= 11 is 0. The lowest BCUT2D eigenvalue weighted by atomic mass is 10.2. The molecule has 7 nitrogen and oxygen atoms in total. The van der Waals surface area contributed by atoms with Crippen molar-refractivity contribution in [2.24, 2.45) is 0 Å². The lowest BCUT2D eigenvalue weighted by Gasteiger charge is -2.13. The quantitative estimate of drug-likeness (QED) is 0.733. The highest BCUT2D eigenvalue weighted by molar-refractivity contribution is 5.75. The Morgan fingerprint density at radius 2 is 1.85 bits per heavy atom. The van der Waals surface area contributed by atoms with Crippen LogP contribution in [-0.4, -0.2) is 34.9 Å². The van der Waals surface area contributed by atoms with Gasteiger partial charge in [0, 0.05) is 29.4 Å². The summed E-state index contributed by atoms with van der Waals surface area (Å²) in [6, 6.07) is 7.38. The van der Waals surface area contributed by atoms with E-state index >= 15 is 0 Å². The molecule has 0 fully saturated rings. The van der Waals surface area contributed by atoms with Crippen LogP contribution >= 0.6 is 0 Å². The Morgan fingerprint density at radius 3 is 2.52 bits per heavy atom. The van der Waals surface area contributed by atoms with Gasteiger partial charge >= 0.3 is 6.18 Å². The van der Waals surface area contributed by atoms with Gasteiger partial charge in [-0.15, -0.1) is 0 Å². The van der Waals surface area contributed by atoms with Crippen molar-refractivity contribution in [1.29, 1.82) is 0 Å². The number of fused-ring (bicyclic) bond motifs is 1. The van der Waals surface area contributed by atoms with Crippen LogP contribution in [0.25, 0.3) is 11.0 Å². The van der Waals surface area contributed by atoms with E-state index in [0.29, 0.717) is 27.1 Å². The van der Waals surface area contributed by atoms with Gasteiger partial charge in [0.05, 0.1) is 14.2 Å². The monoisotopic (exact) mass is 380 g/mol. The number of nitrogens with one attached hydrogen (secondary N) is 1. The molecule has 0 unspecified atom stereocenters. The molecule has 0 spiro atoms. The van der Waals surface area contributed by atoms with Crippen molar-refractivity contribution < 1.29 is 22.6 Å². The number of hydrogen-bond donors (Lipinski definition) is 1. The van der Waals surface area contributed by atoms with Crippen LogP contribution in [0.1, 0.15) is 0 Å². The normalized spacial score (nSPS) is 11.4. The topological polar surface area (TPSA) is 78.3 Å². The van der Waals surface area contributed by atoms with Gasteiger partial charge in [0.2, 0.25) is 5.95 Å². The number of halogens is 3. The third-order valence-electron chi connectivity index (χ3n) is 3.70. The molecule has 3 aromatic rings. The second kappa shape index (κ2) is 7.14. The zero-order valence-corrected chi connectivity index (χ0v) is 14.4. The highest BCUT2D eigenvalue weighted by atomic mass is 19.4. The number of anilines is 2. The number of alkyl halides is 3. The second-order valence-electron chi connectivity index (χ2n) is 5.54. The van der Waals surface area contributed by atoms with Crippen LogP contribution < -0.4 is 20.3 Å². The van der Waals surface area contributed by atoms with Gasteiger partial charge in [0.25, 0.3) is 5.56 Å². The first-order valence-electron chi connectivity index (χ1n) is 7.73. The first kappa shape index (κ1) is 18.5. The summed E-state index contributed by atoms with van der Waals surface area (Å²) in [6.45, 7) is -1.43. The fraction of sp³-hybridized carbons (Fsp3) is 0.235. The van der Waals surface area contributed by atoms with E-state index in [9.17, 15) is 18.0 Å². The predicted molar refractivity (Wildman–Crippen MR) is 92.7 cm³/mol. The Labute approximate surface area is 151 Å². The van der Waals surface area contributed by atoms with Crippen LogP contribution in [0.5, 0.6) is 11.5 Å². The largest absolute Gasteiger partial charge is 0.493 e. The number of rotatable bonds is 5. The smallest absolute Gasteiger partial charge is 0.406 e. The van der Waals surface area contributed by atoms with Crippen LogP contribution in [0.3, 0.4) is 0 Å². The summed E-state index contributed by atoms with van der Waals surface area (Å²) < 4.78 is 49.3. The van der Waals surface area contributed by atoms with Crippen molar-refractivity contribution in [2.75, 3.05) is 19.5 Å². The Kier molecular flexibility index (Phi) is 4.89. The molecule has 1 aromatic carbocycles. The van der Waals surface area contributed by atoms with Crippen molar-refractivity contribution in [2.45, 2.75) is 12.7 Å². The summed E-state index contributed by atoms with van der Waals surface area (Å²) in [4.78, 5) is 20.0. The predicted octanol–water partition coefficient (Wildman–Crippen LogP) is 3.11. The third-order valence-corrected chi connectivity index (χ3v) is 3.70. The molecule has 27 heavy (non-hydrogen) atoms. The van der Waals surface area contributed by atoms with Crippen LogP contribution in [-0.2, 0) is 6.54 Å². The molecule has 0 radical (unpaired) electrons. The number of ether oxygens (including phenoxy) is 2. The number of nitrogens with zero attached hydrogens (tertiary/aromatic N) is 3. The lowest BCUT2D eigenvalue weighted by Crippen LogP contribution is -2.28. The number of hydrogen-bond acceptors (Lipinski definition) is 6. The molecule has 10 heteroatoms. The summed E-state index contributed by atoms with van der Waals surface area (Å²) in [5.41, 5.74) is -0.374. The van der Waals surface area contributed by atoms with E-state index < -0.39 is 18.3 Å². The average Bonchev–Trinajstić information content (AvgIpc) is 2.63. The van der Waals surface area contributed by atoms with E-state index in [2.05, 4.69) is 15.3 Å². The molecule has 0 atom stereocenters. The molecule has 0 saturated heterocycles. The molecular weight excluding hydrogens is 365 g/mol. The Bertz CT molecular complexity index is 1030. The first-order valence-corrected chi connectivity index (χ1v) is 7.73. The van der Waals surface area contributed by atoms with Crippen molar-refractivity contribution in [3.63, 3.8) is 0 Å². The Hall–Kier alpha value is -3.30. The average molecular weight is 380 g/mol. The summed E-state index contributed by atoms with van der Waals surface area (Å²) in [5, 5.41) is 3.19. The first-order chi connectivity index (χ1) is 12.8. The molecule has 142 valence electrons. The maximum atomic E-state index is 12.8. The zero-order chi connectivity index (χ0) is 19.6. The summed E-state index contributed by atoms with van der Waals surface area (Å²) in [7, 11) is 2.97. The SMILES string of the molecule is COc1ccc(Nc2ncc3ccc(=O)n(CC(F)(F)F)c3n2)cc1OC. The van der Waals surface area contributed by atoms with Gasteiger partial charge < -0.3 is 14.8 Å². The molecule has 0 aliphatic heterocycles. The van der Waals surface area contributed by atoms with Gasteiger partial charge in [-0.2, -0.15) is 18.2 Å². The van der Waals surface area contributed by atoms with E-state index in [0.717, 1.165) is 6.07 Å². The standard InChI is InChI=1S/C17H15F3N4O3/c1-26-12-5-4-11(7-13(12)27-2)22-16-21-8-10-3-6-14(25)24(15(10)23-16)9-17(18,19)20/h3-8H,9H2,1-2H3,(H,21,22,23). The molecule has 0 aliphatic rings. The van der Waals surface area contributed by atoms with E-state index in [1.165, 1.54) is 26.5 Å². The number of benzene rings is 1. The molecule has 3 rings (SSSR count). The van der Waals surface area contributed by atoms with Gasteiger partial charge in [-0.1, -0.05) is 0 Å². The summed E-state index contributed by atoms with van der Waals surface area (Å²) in [5.74, 6) is 1.01. The molecule has 0 saturated carbocycles. The van der Waals surface area contributed by atoms with Crippen molar-refractivity contribution in [3.8, 4) is 11.5 Å². The maximum Gasteiger partial charge on any atom is 0.406 e. The van der Waals surface area contributed by atoms with Gasteiger partial charge in [0.15, 0.2) is 11.5 Å². The number of aromatic nitrogens is 3. The lowest BCUT2D eigenvalue weighted by molar-refractivity contribution is -0.140. The van der Waals surface area contributed by atoms with Crippen LogP contribution in [0.2, 0.25) is 0 Å². The molecule has 1 N–H and O–H groups in total. The minimum Gasteiger partial charge on any atom is -0.493 e. The zero-order valence-electron chi connectivity index (χ0n) is 14.4.